The molecule has 3 aromatic heterocycles. The van der Waals surface area contributed by atoms with Crippen LogP contribution in [-0.2, 0) is 13.0 Å². The zero-order valence-electron chi connectivity index (χ0n) is 10.2. The number of rotatable bonds is 3. The number of hydrogen-bond donors (Lipinski definition) is 1. The van der Waals surface area contributed by atoms with Crippen LogP contribution >= 0.6 is 15.9 Å². The number of anilines is 1. The standard InChI is InChI=1S/C11H11BrN6O/c1-6-15-9(17-19-6)2-3-18-10-8(16-11(18)13)4-7(12)5-14-10/h4-5H,2-3H2,1H3,(H2,13,16). The molecule has 0 fully saturated rings. The summed E-state index contributed by atoms with van der Waals surface area (Å²) in [7, 11) is 0. The van der Waals surface area contributed by atoms with E-state index >= 15 is 0 Å². The van der Waals surface area contributed by atoms with Gasteiger partial charge in [0.2, 0.25) is 11.8 Å². The van der Waals surface area contributed by atoms with Crippen molar-refractivity contribution in [3.8, 4) is 0 Å². The number of nitrogens with two attached hydrogens (primary N) is 1. The molecule has 3 aromatic rings. The van der Waals surface area contributed by atoms with Crippen LogP contribution in [0, 0.1) is 6.92 Å². The number of fused-ring (bicyclic) bond motifs is 1. The van der Waals surface area contributed by atoms with Gasteiger partial charge in [0.05, 0.1) is 0 Å². The van der Waals surface area contributed by atoms with Gasteiger partial charge in [-0.1, -0.05) is 5.16 Å². The maximum Gasteiger partial charge on any atom is 0.223 e. The minimum absolute atomic E-state index is 0.431. The number of halogens is 1. The van der Waals surface area contributed by atoms with Crippen molar-refractivity contribution >= 4 is 33.0 Å². The molecule has 19 heavy (non-hydrogen) atoms. The van der Waals surface area contributed by atoms with Crippen LogP contribution in [0.15, 0.2) is 21.3 Å². The number of aromatic nitrogens is 5. The van der Waals surface area contributed by atoms with E-state index in [9.17, 15) is 0 Å². The average Bonchev–Trinajstić information content (AvgIpc) is 2.89. The predicted octanol–water partition coefficient (Wildman–Crippen LogP) is 1.71. The summed E-state index contributed by atoms with van der Waals surface area (Å²) >= 11 is 3.36. The lowest BCUT2D eigenvalue weighted by atomic mass is 10.4. The van der Waals surface area contributed by atoms with E-state index in [0.29, 0.717) is 30.6 Å². The molecule has 0 aliphatic heterocycles. The molecule has 0 saturated carbocycles. The van der Waals surface area contributed by atoms with E-state index in [-0.39, 0.29) is 0 Å². The minimum Gasteiger partial charge on any atom is -0.369 e. The largest absolute Gasteiger partial charge is 0.369 e. The fraction of sp³-hybridized carbons (Fsp3) is 0.273. The van der Waals surface area contributed by atoms with Gasteiger partial charge < -0.3 is 10.3 Å². The van der Waals surface area contributed by atoms with E-state index < -0.39 is 0 Å². The molecule has 0 spiro atoms. The Morgan fingerprint density at radius 3 is 3.00 bits per heavy atom. The molecule has 0 unspecified atom stereocenters. The first-order valence-electron chi connectivity index (χ1n) is 5.70. The highest BCUT2D eigenvalue weighted by molar-refractivity contribution is 9.10. The molecular weight excluding hydrogens is 312 g/mol. The highest BCUT2D eigenvalue weighted by Gasteiger charge is 2.11. The summed E-state index contributed by atoms with van der Waals surface area (Å²) in [4.78, 5) is 12.8. The van der Waals surface area contributed by atoms with Crippen LogP contribution in [-0.4, -0.2) is 24.7 Å². The summed E-state index contributed by atoms with van der Waals surface area (Å²) in [5.41, 5.74) is 7.42. The van der Waals surface area contributed by atoms with Crippen molar-refractivity contribution in [2.24, 2.45) is 0 Å². The quantitative estimate of drug-likeness (QED) is 0.788. The molecule has 0 radical (unpaired) electrons. The van der Waals surface area contributed by atoms with E-state index in [1.54, 1.807) is 13.1 Å². The highest BCUT2D eigenvalue weighted by Crippen LogP contribution is 2.19. The van der Waals surface area contributed by atoms with Crippen LogP contribution in [0.4, 0.5) is 5.95 Å². The molecule has 3 rings (SSSR count). The fourth-order valence-electron chi connectivity index (χ4n) is 1.88. The van der Waals surface area contributed by atoms with Crippen molar-refractivity contribution in [2.45, 2.75) is 19.9 Å². The maximum absolute atomic E-state index is 5.91. The first kappa shape index (κ1) is 12.1. The summed E-state index contributed by atoms with van der Waals surface area (Å²) < 4.78 is 7.64. The van der Waals surface area contributed by atoms with Gasteiger partial charge >= 0.3 is 0 Å². The number of nitrogens with zero attached hydrogens (tertiary/aromatic N) is 5. The second kappa shape index (κ2) is 4.61. The molecule has 0 aliphatic rings. The van der Waals surface area contributed by atoms with E-state index in [1.807, 2.05) is 10.6 Å². The summed E-state index contributed by atoms with van der Waals surface area (Å²) in [5.74, 6) is 1.64. The van der Waals surface area contributed by atoms with Gasteiger partial charge in [-0.2, -0.15) is 4.98 Å². The third-order valence-corrected chi connectivity index (χ3v) is 3.14. The Hall–Kier alpha value is -1.96. The number of pyridine rings is 1. The van der Waals surface area contributed by atoms with Gasteiger partial charge in [-0.15, -0.1) is 0 Å². The summed E-state index contributed by atoms with van der Waals surface area (Å²) in [6, 6.07) is 1.88. The van der Waals surface area contributed by atoms with Crippen molar-refractivity contribution in [3.05, 3.63) is 28.5 Å². The highest BCUT2D eigenvalue weighted by atomic mass is 79.9. The summed E-state index contributed by atoms with van der Waals surface area (Å²) in [6.07, 6.45) is 2.34. The van der Waals surface area contributed by atoms with E-state index in [2.05, 4.69) is 36.0 Å². The van der Waals surface area contributed by atoms with Crippen LogP contribution in [0.2, 0.25) is 0 Å². The van der Waals surface area contributed by atoms with Crippen LogP contribution in [0.3, 0.4) is 0 Å². The Morgan fingerprint density at radius 2 is 2.26 bits per heavy atom. The third kappa shape index (κ3) is 2.30. The average molecular weight is 323 g/mol. The number of hydrogen-bond acceptors (Lipinski definition) is 6. The Bertz CT molecular complexity index is 734. The molecule has 7 nitrogen and oxygen atoms in total. The zero-order valence-corrected chi connectivity index (χ0v) is 11.8. The van der Waals surface area contributed by atoms with Crippen molar-refractivity contribution in [2.75, 3.05) is 5.73 Å². The Balaban J connectivity index is 1.90. The number of imidazole rings is 1. The van der Waals surface area contributed by atoms with E-state index in [4.69, 9.17) is 10.3 Å². The Labute approximate surface area is 117 Å². The van der Waals surface area contributed by atoms with Crippen molar-refractivity contribution in [3.63, 3.8) is 0 Å². The lowest BCUT2D eigenvalue weighted by Crippen LogP contribution is -2.07. The van der Waals surface area contributed by atoms with Gasteiger partial charge in [0, 0.05) is 30.6 Å². The summed E-state index contributed by atoms with van der Waals surface area (Å²) in [6.45, 7) is 2.37. The Morgan fingerprint density at radius 1 is 1.42 bits per heavy atom. The molecule has 98 valence electrons. The third-order valence-electron chi connectivity index (χ3n) is 2.71. The van der Waals surface area contributed by atoms with Crippen LogP contribution < -0.4 is 5.73 Å². The van der Waals surface area contributed by atoms with Gasteiger partial charge in [0.1, 0.15) is 5.52 Å². The maximum atomic E-state index is 5.91. The Kier molecular flexibility index (Phi) is 2.94. The minimum atomic E-state index is 0.431. The van der Waals surface area contributed by atoms with Gasteiger partial charge in [0.25, 0.3) is 0 Å². The van der Waals surface area contributed by atoms with Crippen LogP contribution in [0.1, 0.15) is 11.7 Å². The molecule has 2 N–H and O–H groups in total. The molecule has 0 amide bonds. The molecule has 8 heteroatoms. The van der Waals surface area contributed by atoms with Gasteiger partial charge in [-0.25, -0.2) is 9.97 Å². The van der Waals surface area contributed by atoms with E-state index in [0.717, 1.165) is 15.6 Å². The molecule has 0 atom stereocenters. The van der Waals surface area contributed by atoms with Gasteiger partial charge in [-0.3, -0.25) is 4.57 Å². The molecule has 0 aromatic carbocycles. The zero-order chi connectivity index (χ0) is 13.4. The number of nitrogen functional groups attached to an aromatic ring is 1. The van der Waals surface area contributed by atoms with Crippen LogP contribution in [0.25, 0.3) is 11.2 Å². The molecule has 0 bridgehead atoms. The topological polar surface area (TPSA) is 95.7 Å². The second-order valence-corrected chi connectivity index (χ2v) is 5.01. The SMILES string of the molecule is Cc1nc(CCn2c(N)nc3cc(Br)cnc32)no1. The predicted molar refractivity (Wildman–Crippen MR) is 72.4 cm³/mol. The van der Waals surface area contributed by atoms with Crippen molar-refractivity contribution in [1.82, 2.24) is 24.7 Å². The van der Waals surface area contributed by atoms with Crippen molar-refractivity contribution in [1.29, 1.82) is 0 Å². The first-order chi connectivity index (χ1) is 9.13. The smallest absolute Gasteiger partial charge is 0.223 e. The van der Waals surface area contributed by atoms with Crippen molar-refractivity contribution < 1.29 is 4.52 Å². The normalized spacial score (nSPS) is 11.3. The molecule has 0 saturated heterocycles. The molecular formula is C11H11BrN6O. The van der Waals surface area contributed by atoms with E-state index in [1.165, 1.54) is 0 Å². The van der Waals surface area contributed by atoms with Crippen LogP contribution in [0.5, 0.6) is 0 Å². The fourth-order valence-corrected chi connectivity index (χ4v) is 2.20. The van der Waals surface area contributed by atoms with Gasteiger partial charge in [-0.05, 0) is 22.0 Å². The second-order valence-electron chi connectivity index (χ2n) is 4.10. The van der Waals surface area contributed by atoms with Gasteiger partial charge in [0.15, 0.2) is 11.5 Å². The lowest BCUT2D eigenvalue weighted by Gasteiger charge is -2.03. The first-order valence-corrected chi connectivity index (χ1v) is 6.49. The molecule has 3 heterocycles. The monoisotopic (exact) mass is 322 g/mol. The molecule has 0 aliphatic carbocycles. The number of aryl methyl sites for hydroxylation is 3. The summed E-state index contributed by atoms with van der Waals surface area (Å²) in [5, 5.41) is 3.85. The lowest BCUT2D eigenvalue weighted by molar-refractivity contribution is 0.386.